The van der Waals surface area contributed by atoms with Gasteiger partial charge in [0.05, 0.1) is 22.9 Å². The molecule has 26 heavy (non-hydrogen) atoms. The maximum Gasteiger partial charge on any atom is 0.255 e. The molecular formula is C21H24N4O. The number of nitriles is 1. The van der Waals surface area contributed by atoms with Crippen LogP contribution in [-0.4, -0.2) is 21.4 Å². The fourth-order valence-electron chi connectivity index (χ4n) is 4.21. The number of benzene rings is 1. The highest BCUT2D eigenvalue weighted by Crippen LogP contribution is 2.30. The molecule has 1 saturated carbocycles. The lowest BCUT2D eigenvalue weighted by Crippen LogP contribution is -2.36. The molecule has 1 fully saturated rings. The van der Waals surface area contributed by atoms with E-state index in [0.29, 0.717) is 24.6 Å². The van der Waals surface area contributed by atoms with Gasteiger partial charge < -0.3 is 4.98 Å². The summed E-state index contributed by atoms with van der Waals surface area (Å²) in [7, 11) is 0. The second-order valence-corrected chi connectivity index (χ2v) is 7.44. The van der Waals surface area contributed by atoms with E-state index < -0.39 is 0 Å². The van der Waals surface area contributed by atoms with Gasteiger partial charge in [-0.05, 0) is 24.5 Å². The highest BCUT2D eigenvalue weighted by molar-refractivity contribution is 5.37. The summed E-state index contributed by atoms with van der Waals surface area (Å²) in [5.41, 5.74) is 3.51. The zero-order chi connectivity index (χ0) is 17.9. The van der Waals surface area contributed by atoms with Crippen molar-refractivity contribution in [3.63, 3.8) is 0 Å². The molecule has 0 amide bonds. The monoisotopic (exact) mass is 348 g/mol. The predicted octanol–water partition coefficient (Wildman–Crippen LogP) is 3.25. The highest BCUT2D eigenvalue weighted by atomic mass is 16.1. The average molecular weight is 348 g/mol. The van der Waals surface area contributed by atoms with E-state index in [-0.39, 0.29) is 5.56 Å². The fourth-order valence-corrected chi connectivity index (χ4v) is 4.21. The van der Waals surface area contributed by atoms with Gasteiger partial charge in [0.25, 0.3) is 5.56 Å². The quantitative estimate of drug-likeness (QED) is 0.924. The first kappa shape index (κ1) is 17.0. The Labute approximate surface area is 153 Å². The Morgan fingerprint density at radius 1 is 1.23 bits per heavy atom. The van der Waals surface area contributed by atoms with Crippen molar-refractivity contribution in [2.45, 2.75) is 57.5 Å². The maximum absolute atomic E-state index is 12.7. The predicted molar refractivity (Wildman–Crippen MR) is 99.7 cm³/mol. The third kappa shape index (κ3) is 3.42. The number of aromatic nitrogens is 2. The van der Waals surface area contributed by atoms with Crippen LogP contribution in [0.5, 0.6) is 0 Å². The van der Waals surface area contributed by atoms with Crippen molar-refractivity contribution in [2.75, 3.05) is 6.54 Å². The minimum atomic E-state index is 0.0221. The zero-order valence-electron chi connectivity index (χ0n) is 15.0. The van der Waals surface area contributed by atoms with Gasteiger partial charge in [-0.2, -0.15) is 5.26 Å². The van der Waals surface area contributed by atoms with Gasteiger partial charge in [0.2, 0.25) is 0 Å². The van der Waals surface area contributed by atoms with Gasteiger partial charge >= 0.3 is 0 Å². The van der Waals surface area contributed by atoms with Gasteiger partial charge in [-0.1, -0.05) is 37.5 Å². The average Bonchev–Trinajstić information content (AvgIpc) is 2.69. The molecule has 1 aliphatic carbocycles. The molecule has 0 saturated heterocycles. The van der Waals surface area contributed by atoms with Crippen LogP contribution < -0.4 is 5.56 Å². The van der Waals surface area contributed by atoms with E-state index in [1.165, 1.54) is 19.3 Å². The van der Waals surface area contributed by atoms with Crippen LogP contribution in [0.25, 0.3) is 0 Å². The van der Waals surface area contributed by atoms with Gasteiger partial charge in [-0.25, -0.2) is 4.98 Å². The summed E-state index contributed by atoms with van der Waals surface area (Å²) in [6.45, 7) is 2.16. The van der Waals surface area contributed by atoms with Gasteiger partial charge in [0, 0.05) is 32.0 Å². The molecule has 0 spiro atoms. The molecule has 5 heteroatoms. The largest absolute Gasteiger partial charge is 0.310 e. The van der Waals surface area contributed by atoms with Crippen LogP contribution in [0.1, 0.15) is 66.2 Å². The number of rotatable bonds is 3. The number of nitrogens with zero attached hydrogens (tertiary/aromatic N) is 3. The van der Waals surface area contributed by atoms with Gasteiger partial charge in [-0.15, -0.1) is 0 Å². The second-order valence-electron chi connectivity index (χ2n) is 7.44. The van der Waals surface area contributed by atoms with E-state index in [2.05, 4.69) is 16.0 Å². The minimum absolute atomic E-state index is 0.0221. The molecule has 4 rings (SSSR count). The molecule has 1 aromatic carbocycles. The van der Waals surface area contributed by atoms with Crippen molar-refractivity contribution in [3.8, 4) is 6.07 Å². The molecule has 5 nitrogen and oxygen atoms in total. The number of hydrogen-bond donors (Lipinski definition) is 1. The minimum Gasteiger partial charge on any atom is -0.310 e. The number of nitrogens with one attached hydrogen (secondary N) is 1. The smallest absolute Gasteiger partial charge is 0.255 e. The van der Waals surface area contributed by atoms with Crippen molar-refractivity contribution in [3.05, 3.63) is 62.8 Å². The summed E-state index contributed by atoms with van der Waals surface area (Å²) in [5, 5.41) is 9.27. The Kier molecular flexibility index (Phi) is 4.85. The highest BCUT2D eigenvalue weighted by Gasteiger charge is 2.24. The Morgan fingerprint density at radius 3 is 2.85 bits per heavy atom. The van der Waals surface area contributed by atoms with E-state index in [1.807, 2.05) is 24.3 Å². The van der Waals surface area contributed by atoms with E-state index >= 15 is 0 Å². The third-order valence-electron chi connectivity index (χ3n) is 5.69. The summed E-state index contributed by atoms with van der Waals surface area (Å²) in [4.78, 5) is 22.8. The molecule has 0 bridgehead atoms. The van der Waals surface area contributed by atoms with Crippen LogP contribution in [0, 0.1) is 11.3 Å². The van der Waals surface area contributed by atoms with Crippen molar-refractivity contribution in [1.29, 1.82) is 5.26 Å². The molecular weight excluding hydrogens is 324 g/mol. The Morgan fingerprint density at radius 2 is 2.04 bits per heavy atom. The van der Waals surface area contributed by atoms with Gasteiger partial charge in [0.15, 0.2) is 0 Å². The number of aromatic amines is 1. The molecule has 134 valence electrons. The lowest BCUT2D eigenvalue weighted by molar-refractivity contribution is 0.241. The van der Waals surface area contributed by atoms with Crippen LogP contribution in [0.4, 0.5) is 0 Å². The van der Waals surface area contributed by atoms with Crippen molar-refractivity contribution in [1.82, 2.24) is 14.9 Å². The van der Waals surface area contributed by atoms with Crippen LogP contribution in [0.15, 0.2) is 29.1 Å². The van der Waals surface area contributed by atoms with Crippen molar-refractivity contribution in [2.24, 2.45) is 0 Å². The normalized spacial score (nSPS) is 18.3. The third-order valence-corrected chi connectivity index (χ3v) is 5.69. The molecule has 0 atom stereocenters. The summed E-state index contributed by atoms with van der Waals surface area (Å²) < 4.78 is 0. The zero-order valence-corrected chi connectivity index (χ0v) is 15.0. The summed E-state index contributed by atoms with van der Waals surface area (Å²) >= 11 is 0. The first-order valence-electron chi connectivity index (χ1n) is 9.57. The molecule has 1 aromatic heterocycles. The Bertz CT molecular complexity index is 890. The maximum atomic E-state index is 12.7. The second kappa shape index (κ2) is 7.43. The SMILES string of the molecule is N#Cc1ccccc1CN1CCc2nc(C3CCCCC3)[nH]c(=O)c2C1. The number of fused-ring (bicyclic) bond motifs is 1. The molecule has 2 heterocycles. The van der Waals surface area contributed by atoms with Crippen LogP contribution in [0.2, 0.25) is 0 Å². The lowest BCUT2D eigenvalue weighted by Gasteiger charge is -2.29. The summed E-state index contributed by atoms with van der Waals surface area (Å²) in [6.07, 6.45) is 6.84. The van der Waals surface area contributed by atoms with Crippen LogP contribution >= 0.6 is 0 Å². The molecule has 0 radical (unpaired) electrons. The fraction of sp³-hybridized carbons (Fsp3) is 0.476. The molecule has 2 aliphatic rings. The van der Waals surface area contributed by atoms with Crippen LogP contribution in [0.3, 0.4) is 0 Å². The standard InChI is InChI=1S/C21H24N4O/c22-12-16-8-4-5-9-17(16)13-25-11-10-19-18(14-25)21(26)24-20(23-19)15-6-2-1-3-7-15/h4-5,8-9,15H,1-3,6-7,10-11,13-14H2,(H,23,24,26). The molecule has 0 unspecified atom stereocenters. The molecule has 2 aromatic rings. The van der Waals surface area contributed by atoms with Crippen LogP contribution in [-0.2, 0) is 19.5 Å². The molecule has 1 N–H and O–H groups in total. The van der Waals surface area contributed by atoms with E-state index in [1.54, 1.807) is 0 Å². The topological polar surface area (TPSA) is 72.8 Å². The van der Waals surface area contributed by atoms with Gasteiger partial charge in [0.1, 0.15) is 5.82 Å². The first-order valence-corrected chi connectivity index (χ1v) is 9.57. The number of H-pyrrole nitrogens is 1. The first-order chi connectivity index (χ1) is 12.7. The van der Waals surface area contributed by atoms with Crippen molar-refractivity contribution < 1.29 is 0 Å². The Hall–Kier alpha value is -2.45. The molecule has 1 aliphatic heterocycles. The lowest BCUT2D eigenvalue weighted by atomic mass is 9.88. The summed E-state index contributed by atoms with van der Waals surface area (Å²) in [5.74, 6) is 1.32. The summed E-state index contributed by atoms with van der Waals surface area (Å²) in [6, 6.07) is 9.93. The van der Waals surface area contributed by atoms with E-state index in [0.717, 1.165) is 48.5 Å². The number of hydrogen-bond acceptors (Lipinski definition) is 4. The van der Waals surface area contributed by atoms with Crippen molar-refractivity contribution >= 4 is 0 Å². The van der Waals surface area contributed by atoms with Gasteiger partial charge in [-0.3, -0.25) is 9.69 Å². The van der Waals surface area contributed by atoms with E-state index in [9.17, 15) is 10.1 Å². The Balaban J connectivity index is 1.54. The van der Waals surface area contributed by atoms with E-state index in [4.69, 9.17) is 4.98 Å².